The third-order valence-corrected chi connectivity index (χ3v) is 5.48. The van der Waals surface area contributed by atoms with Crippen molar-refractivity contribution in [2.75, 3.05) is 33.2 Å². The second kappa shape index (κ2) is 9.01. The van der Waals surface area contributed by atoms with Gasteiger partial charge in [0.2, 0.25) is 0 Å². The third kappa shape index (κ3) is 3.96. The van der Waals surface area contributed by atoms with Crippen LogP contribution in [0.1, 0.15) is 33.4 Å². The summed E-state index contributed by atoms with van der Waals surface area (Å²) in [6, 6.07) is 11.6. The Kier molecular flexibility index (Phi) is 5.98. The molecule has 1 atom stereocenters. The summed E-state index contributed by atoms with van der Waals surface area (Å²) in [6.45, 7) is 0.483. The van der Waals surface area contributed by atoms with Crippen LogP contribution in [0.25, 0.3) is 0 Å². The van der Waals surface area contributed by atoms with E-state index in [0.717, 1.165) is 22.7 Å². The van der Waals surface area contributed by atoms with Crippen molar-refractivity contribution in [3.63, 3.8) is 0 Å². The van der Waals surface area contributed by atoms with E-state index < -0.39 is 5.97 Å². The lowest BCUT2D eigenvalue weighted by molar-refractivity contribution is 0.0600. The van der Waals surface area contributed by atoms with Crippen molar-refractivity contribution in [1.29, 1.82) is 0 Å². The number of aromatic amines is 1. The Balaban J connectivity index is 1.67. The zero-order valence-corrected chi connectivity index (χ0v) is 18.0. The quantitative estimate of drug-likeness (QED) is 0.594. The van der Waals surface area contributed by atoms with Crippen LogP contribution in [0.3, 0.4) is 0 Å². The van der Waals surface area contributed by atoms with E-state index in [4.69, 9.17) is 14.2 Å². The Morgan fingerprint density at radius 2 is 1.88 bits per heavy atom. The van der Waals surface area contributed by atoms with Crippen LogP contribution in [0.15, 0.2) is 48.8 Å². The smallest absolute Gasteiger partial charge is 0.337 e. The number of hydrogen-bond donors (Lipinski definition) is 2. The number of esters is 1. The molecule has 3 aromatic rings. The molecular formula is C23H24N4O5. The fraction of sp³-hybridized carbons (Fsp3) is 0.261. The first-order chi connectivity index (χ1) is 15.5. The number of urea groups is 1. The molecule has 0 bridgehead atoms. The highest BCUT2D eigenvalue weighted by Crippen LogP contribution is 2.35. The van der Waals surface area contributed by atoms with Crippen molar-refractivity contribution in [1.82, 2.24) is 14.9 Å². The van der Waals surface area contributed by atoms with E-state index in [1.807, 2.05) is 24.3 Å². The molecular weight excluding hydrogens is 412 g/mol. The molecule has 0 spiro atoms. The average molecular weight is 436 g/mol. The summed E-state index contributed by atoms with van der Waals surface area (Å²) in [6.07, 6.45) is 2.29. The van der Waals surface area contributed by atoms with Crippen molar-refractivity contribution in [3.05, 3.63) is 71.3 Å². The molecule has 9 nitrogen and oxygen atoms in total. The van der Waals surface area contributed by atoms with Gasteiger partial charge in [-0.05, 0) is 35.9 Å². The molecule has 4 rings (SSSR count). The standard InChI is InChI=1S/C23H24N4O5/c1-30-16-7-4-14(5-8-16)21-20-17(24-13-25-20)10-11-27(21)23(29)26-18-12-15(22(28)32-3)6-9-19(18)31-2/h4-9,12-13,21H,10-11H2,1-3H3,(H,24,25)(H,26,29)/t21-/m1/s1. The van der Waals surface area contributed by atoms with Crippen LogP contribution in [0.5, 0.6) is 11.5 Å². The van der Waals surface area contributed by atoms with Gasteiger partial charge in [-0.25, -0.2) is 14.6 Å². The molecule has 0 aliphatic carbocycles. The number of imidazole rings is 1. The number of ether oxygens (including phenoxy) is 3. The number of carbonyl (C=O) groups excluding carboxylic acids is 2. The number of rotatable bonds is 5. The maximum Gasteiger partial charge on any atom is 0.337 e. The van der Waals surface area contributed by atoms with Gasteiger partial charge in [0.1, 0.15) is 17.5 Å². The molecule has 0 saturated heterocycles. The molecule has 1 aliphatic heterocycles. The number of nitrogens with zero attached hydrogens (tertiary/aromatic N) is 2. The Labute approximate surface area is 185 Å². The summed E-state index contributed by atoms with van der Waals surface area (Å²) < 4.78 is 15.4. The monoisotopic (exact) mass is 436 g/mol. The lowest BCUT2D eigenvalue weighted by Crippen LogP contribution is -2.43. The summed E-state index contributed by atoms with van der Waals surface area (Å²) >= 11 is 0. The second-order valence-corrected chi connectivity index (χ2v) is 7.22. The zero-order valence-electron chi connectivity index (χ0n) is 18.0. The van der Waals surface area contributed by atoms with Crippen LogP contribution in [0.2, 0.25) is 0 Å². The highest BCUT2D eigenvalue weighted by atomic mass is 16.5. The van der Waals surface area contributed by atoms with E-state index in [1.165, 1.54) is 20.3 Å². The number of benzene rings is 2. The SMILES string of the molecule is COC(=O)c1ccc(OC)c(NC(=O)N2CCc3[nH]cnc3[C@H]2c2ccc(OC)cc2)c1. The summed E-state index contributed by atoms with van der Waals surface area (Å²) in [5, 5.41) is 2.89. The fourth-order valence-corrected chi connectivity index (χ4v) is 3.86. The first-order valence-corrected chi connectivity index (χ1v) is 10.1. The van der Waals surface area contributed by atoms with E-state index in [2.05, 4.69) is 15.3 Å². The van der Waals surface area contributed by atoms with E-state index in [0.29, 0.717) is 30.0 Å². The summed E-state index contributed by atoms with van der Waals surface area (Å²) in [5.41, 5.74) is 3.39. The average Bonchev–Trinajstić information content (AvgIpc) is 3.32. The molecule has 9 heteroatoms. The van der Waals surface area contributed by atoms with Gasteiger partial charge in [-0.1, -0.05) is 12.1 Å². The molecule has 0 fully saturated rings. The maximum absolute atomic E-state index is 13.4. The molecule has 0 unspecified atom stereocenters. The van der Waals surface area contributed by atoms with Gasteiger partial charge in [-0.2, -0.15) is 0 Å². The molecule has 1 aromatic heterocycles. The normalized spacial score (nSPS) is 15.0. The van der Waals surface area contributed by atoms with Gasteiger partial charge in [0.25, 0.3) is 0 Å². The number of carbonyl (C=O) groups is 2. The predicted octanol–water partition coefficient (Wildman–Crippen LogP) is 3.39. The van der Waals surface area contributed by atoms with E-state index in [1.54, 1.807) is 30.5 Å². The van der Waals surface area contributed by atoms with Crippen LogP contribution in [-0.2, 0) is 11.2 Å². The maximum atomic E-state index is 13.4. The third-order valence-electron chi connectivity index (χ3n) is 5.48. The van der Waals surface area contributed by atoms with Crippen molar-refractivity contribution in [2.45, 2.75) is 12.5 Å². The number of aromatic nitrogens is 2. The van der Waals surface area contributed by atoms with Crippen LogP contribution >= 0.6 is 0 Å². The predicted molar refractivity (Wildman–Crippen MR) is 117 cm³/mol. The van der Waals surface area contributed by atoms with Gasteiger partial charge in [0.05, 0.1) is 44.6 Å². The number of anilines is 1. The Bertz CT molecular complexity index is 1130. The molecule has 166 valence electrons. The molecule has 2 amide bonds. The summed E-state index contributed by atoms with van der Waals surface area (Å²) in [7, 11) is 4.41. The molecule has 32 heavy (non-hydrogen) atoms. The Hall–Kier alpha value is -4.01. The summed E-state index contributed by atoms with van der Waals surface area (Å²) in [4.78, 5) is 34.7. The number of fused-ring (bicyclic) bond motifs is 1. The van der Waals surface area contributed by atoms with E-state index in [9.17, 15) is 9.59 Å². The lowest BCUT2D eigenvalue weighted by atomic mass is 9.96. The van der Waals surface area contributed by atoms with Crippen LogP contribution in [-0.4, -0.2) is 54.7 Å². The van der Waals surface area contributed by atoms with Gasteiger partial charge < -0.3 is 29.4 Å². The number of hydrogen-bond acceptors (Lipinski definition) is 6. The largest absolute Gasteiger partial charge is 0.497 e. The minimum Gasteiger partial charge on any atom is -0.497 e. The number of amides is 2. The molecule has 0 radical (unpaired) electrons. The van der Waals surface area contributed by atoms with Gasteiger partial charge >= 0.3 is 12.0 Å². The van der Waals surface area contributed by atoms with Crippen molar-refractivity contribution < 1.29 is 23.8 Å². The highest BCUT2D eigenvalue weighted by molar-refractivity contribution is 5.95. The van der Waals surface area contributed by atoms with Crippen LogP contribution < -0.4 is 14.8 Å². The minimum absolute atomic E-state index is 0.309. The topological polar surface area (TPSA) is 106 Å². The van der Waals surface area contributed by atoms with Crippen molar-refractivity contribution in [3.8, 4) is 11.5 Å². The first kappa shape index (κ1) is 21.2. The lowest BCUT2D eigenvalue weighted by Gasteiger charge is -2.35. The van der Waals surface area contributed by atoms with E-state index in [-0.39, 0.29) is 12.1 Å². The first-order valence-electron chi connectivity index (χ1n) is 10.1. The van der Waals surface area contributed by atoms with Gasteiger partial charge in [-0.3, -0.25) is 0 Å². The zero-order chi connectivity index (χ0) is 22.7. The van der Waals surface area contributed by atoms with Gasteiger partial charge in [-0.15, -0.1) is 0 Å². The highest BCUT2D eigenvalue weighted by Gasteiger charge is 2.34. The summed E-state index contributed by atoms with van der Waals surface area (Å²) in [5.74, 6) is 0.662. The second-order valence-electron chi connectivity index (χ2n) is 7.22. The molecule has 2 heterocycles. The van der Waals surface area contributed by atoms with Crippen molar-refractivity contribution >= 4 is 17.7 Å². The number of methoxy groups -OCH3 is 3. The Morgan fingerprint density at radius 1 is 1.09 bits per heavy atom. The molecule has 2 aromatic carbocycles. The van der Waals surface area contributed by atoms with Gasteiger partial charge in [0.15, 0.2) is 0 Å². The molecule has 0 saturated carbocycles. The number of H-pyrrole nitrogens is 1. The van der Waals surface area contributed by atoms with Crippen LogP contribution in [0.4, 0.5) is 10.5 Å². The fourth-order valence-electron chi connectivity index (χ4n) is 3.86. The Morgan fingerprint density at radius 3 is 2.56 bits per heavy atom. The number of nitrogens with one attached hydrogen (secondary N) is 2. The molecule has 1 aliphatic rings. The minimum atomic E-state index is -0.501. The van der Waals surface area contributed by atoms with Gasteiger partial charge in [0, 0.05) is 18.7 Å². The molecule has 2 N–H and O–H groups in total. The van der Waals surface area contributed by atoms with Crippen molar-refractivity contribution in [2.24, 2.45) is 0 Å². The van der Waals surface area contributed by atoms with Crippen LogP contribution in [0, 0.1) is 0 Å². The van der Waals surface area contributed by atoms with E-state index >= 15 is 0 Å².